The maximum atomic E-state index is 9.02. The highest BCUT2D eigenvalue weighted by atomic mass is 35.5. The standard InChI is InChI=1S/C15H21ClN2O2/c1-3-11-9-18(7-6-14(11)17-19)10-12-8-13(16)4-5-15(12)20-2/h4-5,8,11,19H,3,6-7,9-10H2,1-2H3/b17-14+. The number of methoxy groups -OCH3 is 1. The molecule has 1 unspecified atom stereocenters. The number of rotatable bonds is 4. The Bertz CT molecular complexity index is 491. The third kappa shape index (κ3) is 3.44. The zero-order valence-corrected chi connectivity index (χ0v) is 12.7. The largest absolute Gasteiger partial charge is 0.496 e. The summed E-state index contributed by atoms with van der Waals surface area (Å²) in [5.41, 5.74) is 2.01. The predicted octanol–water partition coefficient (Wildman–Crippen LogP) is 3.41. The summed E-state index contributed by atoms with van der Waals surface area (Å²) in [6.45, 7) is 4.73. The van der Waals surface area contributed by atoms with Crippen molar-refractivity contribution in [2.75, 3.05) is 20.2 Å². The molecule has 0 aliphatic carbocycles. The minimum absolute atomic E-state index is 0.332. The number of oxime groups is 1. The lowest BCUT2D eigenvalue weighted by atomic mass is 9.93. The number of nitrogens with zero attached hydrogens (tertiary/aromatic N) is 2. The van der Waals surface area contributed by atoms with E-state index in [9.17, 15) is 0 Å². The van der Waals surface area contributed by atoms with Gasteiger partial charge >= 0.3 is 0 Å². The molecule has 0 radical (unpaired) electrons. The van der Waals surface area contributed by atoms with Gasteiger partial charge in [-0.05, 0) is 24.6 Å². The van der Waals surface area contributed by atoms with Gasteiger partial charge in [0.15, 0.2) is 0 Å². The van der Waals surface area contributed by atoms with Gasteiger partial charge in [0.25, 0.3) is 0 Å². The summed E-state index contributed by atoms with van der Waals surface area (Å²) in [7, 11) is 1.67. The SMILES string of the molecule is CCC1CN(Cc2cc(Cl)ccc2OC)CC/C1=N\O. The van der Waals surface area contributed by atoms with E-state index in [1.54, 1.807) is 7.11 Å². The first-order valence-corrected chi connectivity index (χ1v) is 7.31. The molecule has 110 valence electrons. The lowest BCUT2D eigenvalue weighted by Crippen LogP contribution is -2.40. The van der Waals surface area contributed by atoms with Crippen LogP contribution in [0.2, 0.25) is 5.02 Å². The summed E-state index contributed by atoms with van der Waals surface area (Å²) < 4.78 is 5.39. The molecule has 1 aliphatic heterocycles. The molecule has 0 aromatic heterocycles. The van der Waals surface area contributed by atoms with Crippen LogP contribution in [0.15, 0.2) is 23.4 Å². The molecule has 0 spiro atoms. The van der Waals surface area contributed by atoms with Crippen LogP contribution in [0.4, 0.5) is 0 Å². The van der Waals surface area contributed by atoms with E-state index < -0.39 is 0 Å². The fourth-order valence-corrected chi connectivity index (χ4v) is 2.93. The van der Waals surface area contributed by atoms with Crippen molar-refractivity contribution in [1.29, 1.82) is 0 Å². The molecule has 2 rings (SSSR count). The molecule has 1 aromatic carbocycles. The first kappa shape index (κ1) is 15.1. The van der Waals surface area contributed by atoms with E-state index in [0.717, 1.165) is 54.5 Å². The Balaban J connectivity index is 2.09. The van der Waals surface area contributed by atoms with Crippen LogP contribution in [-0.2, 0) is 6.54 Å². The van der Waals surface area contributed by atoms with Crippen LogP contribution in [0.25, 0.3) is 0 Å². The number of halogens is 1. The summed E-state index contributed by atoms with van der Waals surface area (Å²) in [6, 6.07) is 5.70. The van der Waals surface area contributed by atoms with Gasteiger partial charge in [0.05, 0.1) is 12.8 Å². The van der Waals surface area contributed by atoms with Crippen LogP contribution in [0.3, 0.4) is 0 Å². The lowest BCUT2D eigenvalue weighted by molar-refractivity contribution is 0.218. The second kappa shape index (κ2) is 6.95. The van der Waals surface area contributed by atoms with Crippen LogP contribution in [0.5, 0.6) is 5.75 Å². The normalized spacial score (nSPS) is 22.1. The number of benzene rings is 1. The zero-order valence-electron chi connectivity index (χ0n) is 12.0. The molecule has 0 saturated carbocycles. The fraction of sp³-hybridized carbons (Fsp3) is 0.533. The van der Waals surface area contributed by atoms with Gasteiger partial charge in [-0.25, -0.2) is 0 Å². The van der Waals surface area contributed by atoms with E-state index in [4.69, 9.17) is 21.5 Å². The first-order valence-electron chi connectivity index (χ1n) is 6.93. The Morgan fingerprint density at radius 1 is 1.50 bits per heavy atom. The Morgan fingerprint density at radius 2 is 2.30 bits per heavy atom. The van der Waals surface area contributed by atoms with Gasteiger partial charge in [0.1, 0.15) is 5.75 Å². The quantitative estimate of drug-likeness (QED) is 0.684. The third-order valence-corrected chi connectivity index (χ3v) is 4.13. The van der Waals surface area contributed by atoms with Crippen molar-refractivity contribution in [1.82, 2.24) is 4.90 Å². The van der Waals surface area contributed by atoms with E-state index >= 15 is 0 Å². The second-order valence-corrected chi connectivity index (χ2v) is 5.57. The highest BCUT2D eigenvalue weighted by Gasteiger charge is 2.25. The summed E-state index contributed by atoms with van der Waals surface area (Å²) in [6.07, 6.45) is 1.81. The van der Waals surface area contributed by atoms with Crippen molar-refractivity contribution < 1.29 is 9.94 Å². The van der Waals surface area contributed by atoms with Crippen molar-refractivity contribution in [3.05, 3.63) is 28.8 Å². The molecule has 1 heterocycles. The van der Waals surface area contributed by atoms with Gasteiger partial charge in [0, 0.05) is 42.6 Å². The monoisotopic (exact) mass is 296 g/mol. The van der Waals surface area contributed by atoms with Crippen LogP contribution in [0.1, 0.15) is 25.3 Å². The molecule has 5 heteroatoms. The molecule has 1 fully saturated rings. The molecule has 1 saturated heterocycles. The number of hydrogen-bond acceptors (Lipinski definition) is 4. The minimum atomic E-state index is 0.332. The minimum Gasteiger partial charge on any atom is -0.496 e. The number of piperidine rings is 1. The summed E-state index contributed by atoms with van der Waals surface area (Å²) >= 11 is 6.07. The Hall–Kier alpha value is -1.26. The Labute approximate surface area is 125 Å². The van der Waals surface area contributed by atoms with Gasteiger partial charge in [0.2, 0.25) is 0 Å². The van der Waals surface area contributed by atoms with E-state index in [0.29, 0.717) is 5.92 Å². The number of likely N-dealkylation sites (tertiary alicyclic amines) is 1. The van der Waals surface area contributed by atoms with Crippen molar-refractivity contribution in [2.45, 2.75) is 26.3 Å². The van der Waals surface area contributed by atoms with Gasteiger partial charge in [-0.1, -0.05) is 23.7 Å². The molecular weight excluding hydrogens is 276 g/mol. The second-order valence-electron chi connectivity index (χ2n) is 5.14. The maximum Gasteiger partial charge on any atom is 0.123 e. The van der Waals surface area contributed by atoms with Gasteiger partial charge in [-0.2, -0.15) is 0 Å². The molecule has 0 amide bonds. The van der Waals surface area contributed by atoms with E-state index in [-0.39, 0.29) is 0 Å². The van der Waals surface area contributed by atoms with Crippen molar-refractivity contribution >= 4 is 17.3 Å². The van der Waals surface area contributed by atoms with Gasteiger partial charge in [-0.15, -0.1) is 0 Å². The van der Waals surface area contributed by atoms with Crippen molar-refractivity contribution in [2.24, 2.45) is 11.1 Å². The van der Waals surface area contributed by atoms with Gasteiger partial charge < -0.3 is 9.94 Å². The molecule has 0 bridgehead atoms. The number of hydrogen-bond donors (Lipinski definition) is 1. The Kier molecular flexibility index (Phi) is 5.26. The molecule has 1 aliphatic rings. The molecular formula is C15H21ClN2O2. The van der Waals surface area contributed by atoms with E-state index in [1.165, 1.54) is 0 Å². The van der Waals surface area contributed by atoms with E-state index in [2.05, 4.69) is 17.0 Å². The molecule has 1 atom stereocenters. The maximum absolute atomic E-state index is 9.02. The zero-order chi connectivity index (χ0) is 14.5. The first-order chi connectivity index (χ1) is 9.67. The van der Waals surface area contributed by atoms with Crippen LogP contribution >= 0.6 is 11.6 Å². The lowest BCUT2D eigenvalue weighted by Gasteiger charge is -2.33. The predicted molar refractivity (Wildman–Crippen MR) is 80.9 cm³/mol. The fourth-order valence-electron chi connectivity index (χ4n) is 2.74. The average Bonchev–Trinajstić information content (AvgIpc) is 2.47. The molecule has 4 nitrogen and oxygen atoms in total. The highest BCUT2D eigenvalue weighted by molar-refractivity contribution is 6.30. The average molecular weight is 297 g/mol. The third-order valence-electron chi connectivity index (χ3n) is 3.89. The number of ether oxygens (including phenoxy) is 1. The summed E-state index contributed by atoms with van der Waals surface area (Å²) in [5.74, 6) is 1.20. The van der Waals surface area contributed by atoms with Crippen LogP contribution in [-0.4, -0.2) is 36.0 Å². The molecule has 20 heavy (non-hydrogen) atoms. The van der Waals surface area contributed by atoms with Gasteiger partial charge in [-0.3, -0.25) is 4.90 Å². The van der Waals surface area contributed by atoms with Crippen LogP contribution < -0.4 is 4.74 Å². The Morgan fingerprint density at radius 3 is 2.95 bits per heavy atom. The molecule has 1 aromatic rings. The topological polar surface area (TPSA) is 45.1 Å². The van der Waals surface area contributed by atoms with Crippen molar-refractivity contribution in [3.8, 4) is 5.75 Å². The summed E-state index contributed by atoms with van der Waals surface area (Å²) in [4.78, 5) is 2.36. The summed E-state index contributed by atoms with van der Waals surface area (Å²) in [5, 5.41) is 13.2. The van der Waals surface area contributed by atoms with Crippen LogP contribution in [0, 0.1) is 5.92 Å². The van der Waals surface area contributed by atoms with Crippen molar-refractivity contribution in [3.63, 3.8) is 0 Å². The smallest absolute Gasteiger partial charge is 0.123 e. The van der Waals surface area contributed by atoms with E-state index in [1.807, 2.05) is 18.2 Å². The highest BCUT2D eigenvalue weighted by Crippen LogP contribution is 2.26. The molecule has 1 N–H and O–H groups in total.